The van der Waals surface area contributed by atoms with E-state index in [1.165, 1.54) is 6.08 Å². The smallest absolute Gasteiger partial charge is 0.404 e. The molecule has 0 spiro atoms. The van der Waals surface area contributed by atoms with Gasteiger partial charge in [0.25, 0.3) is 0 Å². The lowest BCUT2D eigenvalue weighted by Gasteiger charge is -2.20. The van der Waals surface area contributed by atoms with Crippen LogP contribution < -0.4 is 11.1 Å². The Morgan fingerprint density at radius 2 is 1.62 bits per heavy atom. The average Bonchev–Trinajstić information content (AvgIpc) is 2.79. The Bertz CT molecular complexity index is 907. The van der Waals surface area contributed by atoms with Crippen LogP contribution in [0.25, 0.3) is 0 Å². The van der Waals surface area contributed by atoms with E-state index in [4.69, 9.17) is 15.6 Å². The van der Waals surface area contributed by atoms with E-state index in [0.717, 1.165) is 43.3 Å². The van der Waals surface area contributed by atoms with Crippen LogP contribution in [0, 0.1) is 17.8 Å². The standard InChI is InChI=1S/C30H48N2O7/c1-20(14-22(3)15-23(4)17-28(35)36)12-10-8-7-9-11-13-21(2)16-26(33)18-27(34)19-32-29(37)24(5)25(6)39-30(31)38/h7-9,11,17,21-22,24-25,27,34H,1,10,12-16,18-19H2,2-6H3,(H2,31,38)(H,32,37)(H,35,36)/b8-7-,11-9+,23-17+/t21-,22+,24-,25+,27+/m1/s1. The van der Waals surface area contributed by atoms with Gasteiger partial charge in [0.2, 0.25) is 5.91 Å². The fraction of sp³-hybridized carbons (Fsp3) is 0.600. The van der Waals surface area contributed by atoms with E-state index < -0.39 is 36.1 Å². The second kappa shape index (κ2) is 19.8. The third-order valence-electron chi connectivity index (χ3n) is 6.23. The molecule has 9 heteroatoms. The van der Waals surface area contributed by atoms with Crippen LogP contribution in [0.4, 0.5) is 4.79 Å². The number of hydrogen-bond acceptors (Lipinski definition) is 6. The molecular formula is C30H48N2O7. The fourth-order valence-electron chi connectivity index (χ4n) is 4.11. The van der Waals surface area contributed by atoms with Crippen molar-refractivity contribution in [3.05, 3.63) is 48.1 Å². The third-order valence-corrected chi connectivity index (χ3v) is 6.23. The van der Waals surface area contributed by atoms with Crippen LogP contribution in [0.1, 0.15) is 79.6 Å². The highest BCUT2D eigenvalue weighted by atomic mass is 16.6. The monoisotopic (exact) mass is 548 g/mol. The predicted octanol–water partition coefficient (Wildman–Crippen LogP) is 4.85. The zero-order chi connectivity index (χ0) is 30.0. The van der Waals surface area contributed by atoms with Crippen molar-refractivity contribution in [2.24, 2.45) is 23.5 Å². The molecule has 0 saturated carbocycles. The molecule has 220 valence electrons. The molecule has 0 aliphatic rings. The number of aliphatic hydroxyl groups excluding tert-OH is 1. The van der Waals surface area contributed by atoms with Crippen molar-refractivity contribution in [3.63, 3.8) is 0 Å². The number of nitrogens with one attached hydrogen (secondary N) is 1. The van der Waals surface area contributed by atoms with Crippen LogP contribution in [-0.4, -0.2) is 52.7 Å². The van der Waals surface area contributed by atoms with Crippen molar-refractivity contribution in [1.82, 2.24) is 5.32 Å². The van der Waals surface area contributed by atoms with E-state index in [1.807, 2.05) is 32.1 Å². The minimum absolute atomic E-state index is 0.0477. The van der Waals surface area contributed by atoms with Crippen molar-refractivity contribution >= 4 is 23.8 Å². The number of carbonyl (C=O) groups is 4. The van der Waals surface area contributed by atoms with E-state index in [-0.39, 0.29) is 24.7 Å². The van der Waals surface area contributed by atoms with Crippen LogP contribution in [-0.2, 0) is 19.1 Å². The first kappa shape index (κ1) is 35.8. The van der Waals surface area contributed by atoms with Crippen molar-refractivity contribution in [1.29, 1.82) is 0 Å². The van der Waals surface area contributed by atoms with Gasteiger partial charge in [-0.05, 0) is 57.8 Å². The van der Waals surface area contributed by atoms with Gasteiger partial charge in [-0.2, -0.15) is 0 Å². The Labute approximate surface area is 233 Å². The number of aliphatic hydroxyl groups is 1. The number of carboxylic acid groups (broad SMARTS) is 1. The van der Waals surface area contributed by atoms with Crippen LogP contribution >= 0.6 is 0 Å². The Hall–Kier alpha value is -3.20. The van der Waals surface area contributed by atoms with Crippen molar-refractivity contribution in [2.75, 3.05) is 6.54 Å². The third kappa shape index (κ3) is 19.5. The second-order valence-corrected chi connectivity index (χ2v) is 10.6. The number of allylic oxidation sites excluding steroid dienone is 6. The van der Waals surface area contributed by atoms with E-state index in [0.29, 0.717) is 12.3 Å². The number of hydrogen-bond donors (Lipinski definition) is 4. The quantitative estimate of drug-likeness (QED) is 0.0962. The van der Waals surface area contributed by atoms with Gasteiger partial charge >= 0.3 is 12.1 Å². The topological polar surface area (TPSA) is 156 Å². The maximum absolute atomic E-state index is 12.3. The number of ketones is 1. The number of aliphatic carboxylic acids is 1. The van der Waals surface area contributed by atoms with Crippen LogP contribution in [0.5, 0.6) is 0 Å². The summed E-state index contributed by atoms with van der Waals surface area (Å²) in [6, 6.07) is 0. The summed E-state index contributed by atoms with van der Waals surface area (Å²) < 4.78 is 4.78. The maximum atomic E-state index is 12.3. The fourth-order valence-corrected chi connectivity index (χ4v) is 4.11. The van der Waals surface area contributed by atoms with Gasteiger partial charge in [0, 0.05) is 25.5 Å². The van der Waals surface area contributed by atoms with Crippen LogP contribution in [0.2, 0.25) is 0 Å². The van der Waals surface area contributed by atoms with Crippen LogP contribution in [0.3, 0.4) is 0 Å². The summed E-state index contributed by atoms with van der Waals surface area (Å²) in [7, 11) is 0. The van der Waals surface area contributed by atoms with E-state index in [9.17, 15) is 24.3 Å². The van der Waals surface area contributed by atoms with Gasteiger partial charge in [-0.3, -0.25) is 9.59 Å². The zero-order valence-corrected chi connectivity index (χ0v) is 24.2. The van der Waals surface area contributed by atoms with Crippen molar-refractivity contribution < 1.29 is 34.1 Å². The summed E-state index contributed by atoms with van der Waals surface area (Å²) in [4.78, 5) is 45.9. The van der Waals surface area contributed by atoms with Crippen molar-refractivity contribution in [2.45, 2.75) is 91.8 Å². The summed E-state index contributed by atoms with van der Waals surface area (Å²) in [5.41, 5.74) is 6.96. The SMILES string of the molecule is C=C(CC/C=C\C=C\C[C@@H](C)CC(=O)C[C@H](O)CNC(=O)[C@H](C)[C@H](C)OC(N)=O)C[C@H](C)C/C(C)=C/C(=O)O. The summed E-state index contributed by atoms with van der Waals surface area (Å²) >= 11 is 0. The van der Waals surface area contributed by atoms with Crippen molar-refractivity contribution in [3.8, 4) is 0 Å². The highest BCUT2D eigenvalue weighted by molar-refractivity contribution is 5.81. The first-order chi connectivity index (χ1) is 18.2. The summed E-state index contributed by atoms with van der Waals surface area (Å²) in [5.74, 6) is -1.56. The molecule has 0 aliphatic heterocycles. The van der Waals surface area contributed by atoms with Crippen LogP contribution in [0.15, 0.2) is 48.1 Å². The number of carboxylic acids is 1. The first-order valence-electron chi connectivity index (χ1n) is 13.5. The molecule has 0 bridgehead atoms. The number of Topliss-reactive ketones (excluding diaryl/α,β-unsaturated/α-hetero) is 1. The number of ether oxygens (including phenoxy) is 1. The van der Waals surface area contributed by atoms with Gasteiger partial charge in [0.1, 0.15) is 11.9 Å². The molecule has 5 atom stereocenters. The lowest BCUT2D eigenvalue weighted by molar-refractivity contribution is -0.131. The van der Waals surface area contributed by atoms with Gasteiger partial charge in [0.15, 0.2) is 0 Å². The highest BCUT2D eigenvalue weighted by Crippen LogP contribution is 2.21. The zero-order valence-electron chi connectivity index (χ0n) is 24.2. The number of primary amides is 1. The molecule has 39 heavy (non-hydrogen) atoms. The minimum atomic E-state index is -0.991. The Morgan fingerprint density at radius 3 is 2.23 bits per heavy atom. The molecule has 0 rings (SSSR count). The van der Waals surface area contributed by atoms with E-state index in [1.54, 1.807) is 13.8 Å². The normalized spacial score (nSPS) is 15.9. The molecule has 0 fully saturated rings. The molecule has 0 heterocycles. The molecule has 5 N–H and O–H groups in total. The molecule has 0 radical (unpaired) electrons. The average molecular weight is 549 g/mol. The number of carbonyl (C=O) groups excluding carboxylic acids is 3. The highest BCUT2D eigenvalue weighted by Gasteiger charge is 2.23. The minimum Gasteiger partial charge on any atom is -0.478 e. The largest absolute Gasteiger partial charge is 0.478 e. The second-order valence-electron chi connectivity index (χ2n) is 10.6. The molecule has 0 aromatic heterocycles. The molecule has 0 aliphatic carbocycles. The van der Waals surface area contributed by atoms with Gasteiger partial charge in [-0.15, -0.1) is 0 Å². The number of amides is 2. The Balaban J connectivity index is 4.18. The number of nitrogens with two attached hydrogens (primary N) is 1. The molecule has 2 amide bonds. The molecule has 0 unspecified atom stereocenters. The molecule has 9 nitrogen and oxygen atoms in total. The summed E-state index contributed by atoms with van der Waals surface area (Å²) in [6.45, 7) is 13.1. The van der Waals surface area contributed by atoms with Gasteiger partial charge < -0.3 is 26.0 Å². The lowest BCUT2D eigenvalue weighted by atomic mass is 9.93. The maximum Gasteiger partial charge on any atom is 0.404 e. The Kier molecular flexibility index (Phi) is 18.2. The summed E-state index contributed by atoms with van der Waals surface area (Å²) in [5, 5.41) is 21.5. The lowest BCUT2D eigenvalue weighted by Crippen LogP contribution is -2.41. The molecule has 0 saturated heterocycles. The Morgan fingerprint density at radius 1 is 0.974 bits per heavy atom. The molecule has 0 aromatic carbocycles. The van der Waals surface area contributed by atoms with E-state index in [2.05, 4.69) is 24.9 Å². The van der Waals surface area contributed by atoms with Gasteiger partial charge in [-0.1, -0.05) is 62.8 Å². The molecular weight excluding hydrogens is 500 g/mol. The number of rotatable bonds is 20. The van der Waals surface area contributed by atoms with E-state index >= 15 is 0 Å². The summed E-state index contributed by atoms with van der Waals surface area (Å²) in [6.07, 6.45) is 11.0. The van der Waals surface area contributed by atoms with Gasteiger partial charge in [0.05, 0.1) is 12.0 Å². The predicted molar refractivity (Wildman–Crippen MR) is 153 cm³/mol. The van der Waals surface area contributed by atoms with Gasteiger partial charge in [-0.25, -0.2) is 9.59 Å². The molecule has 0 aromatic rings. The first-order valence-corrected chi connectivity index (χ1v) is 13.5.